The lowest BCUT2D eigenvalue weighted by Crippen LogP contribution is -2.41. The van der Waals surface area contributed by atoms with Crippen LogP contribution in [0.2, 0.25) is 5.02 Å². The molecule has 0 aromatic heterocycles. The highest BCUT2D eigenvalue weighted by Crippen LogP contribution is 2.47. The van der Waals surface area contributed by atoms with Crippen LogP contribution in [0.15, 0.2) is 29.4 Å². The number of carbonyl (C=O) groups excluding carboxylic acids is 1. The number of hydrogen-bond donors (Lipinski definition) is 2. The Balaban J connectivity index is 2.11. The van der Waals surface area contributed by atoms with Crippen LogP contribution >= 0.6 is 11.6 Å². The summed E-state index contributed by atoms with van der Waals surface area (Å²) in [6, 6.07) is 7.36. The number of benzene rings is 1. The fourth-order valence-electron chi connectivity index (χ4n) is 2.12. The molecule has 19 heavy (non-hydrogen) atoms. The zero-order chi connectivity index (χ0) is 14.0. The first kappa shape index (κ1) is 13.7. The van der Waals surface area contributed by atoms with Gasteiger partial charge in [-0.1, -0.05) is 35.0 Å². The quantitative estimate of drug-likeness (QED) is 0.382. The summed E-state index contributed by atoms with van der Waals surface area (Å²) in [5.41, 5.74) is 5.66. The smallest absolute Gasteiger partial charge is 0.236 e. The van der Waals surface area contributed by atoms with Gasteiger partial charge in [0, 0.05) is 18.6 Å². The Morgan fingerprint density at radius 1 is 1.53 bits per heavy atom. The molecule has 1 amide bonds. The van der Waals surface area contributed by atoms with Crippen molar-refractivity contribution in [3.05, 3.63) is 34.9 Å². The van der Waals surface area contributed by atoms with Crippen molar-refractivity contribution < 1.29 is 10.0 Å². The summed E-state index contributed by atoms with van der Waals surface area (Å²) in [6.07, 6.45) is 1.24. The molecular formula is C13H16ClN3O2. The van der Waals surface area contributed by atoms with Crippen molar-refractivity contribution in [1.29, 1.82) is 0 Å². The fraction of sp³-hybridized carbons (Fsp3) is 0.385. The Labute approximate surface area is 116 Å². The molecule has 2 rings (SSSR count). The van der Waals surface area contributed by atoms with E-state index in [1.54, 1.807) is 18.0 Å². The van der Waals surface area contributed by atoms with E-state index in [-0.39, 0.29) is 11.7 Å². The van der Waals surface area contributed by atoms with E-state index in [9.17, 15) is 4.79 Å². The fourth-order valence-corrected chi connectivity index (χ4v) is 2.32. The minimum Gasteiger partial charge on any atom is -0.409 e. The highest BCUT2D eigenvalue weighted by molar-refractivity contribution is 6.31. The van der Waals surface area contributed by atoms with Crippen molar-refractivity contribution in [2.45, 2.75) is 19.4 Å². The molecule has 1 aliphatic rings. The number of hydrogen-bond acceptors (Lipinski definition) is 3. The van der Waals surface area contributed by atoms with Gasteiger partial charge in [-0.15, -0.1) is 0 Å². The number of carbonyl (C=O) groups is 1. The molecule has 0 saturated heterocycles. The van der Waals surface area contributed by atoms with Crippen LogP contribution in [0, 0.1) is 5.41 Å². The van der Waals surface area contributed by atoms with Crippen molar-refractivity contribution in [2.24, 2.45) is 16.3 Å². The van der Waals surface area contributed by atoms with Gasteiger partial charge in [-0.3, -0.25) is 4.79 Å². The Bertz CT molecular complexity index is 526. The van der Waals surface area contributed by atoms with Gasteiger partial charge in [0.25, 0.3) is 0 Å². The molecule has 1 aliphatic carbocycles. The van der Waals surface area contributed by atoms with Gasteiger partial charge in [0.05, 0.1) is 0 Å². The molecule has 6 heteroatoms. The third kappa shape index (κ3) is 2.51. The maximum atomic E-state index is 12.4. The van der Waals surface area contributed by atoms with Crippen molar-refractivity contribution in [3.63, 3.8) is 0 Å². The van der Waals surface area contributed by atoms with Crippen LogP contribution < -0.4 is 5.73 Å². The number of amidine groups is 1. The minimum atomic E-state index is -0.815. The third-order valence-electron chi connectivity index (χ3n) is 3.47. The number of halogens is 1. The Morgan fingerprint density at radius 2 is 2.16 bits per heavy atom. The third-order valence-corrected chi connectivity index (χ3v) is 3.84. The minimum absolute atomic E-state index is 0.0106. The zero-order valence-electron chi connectivity index (χ0n) is 10.6. The maximum absolute atomic E-state index is 12.4. The highest BCUT2D eigenvalue weighted by Gasteiger charge is 2.55. The van der Waals surface area contributed by atoms with E-state index in [0.717, 1.165) is 5.56 Å². The Kier molecular flexibility index (Phi) is 3.66. The molecule has 0 unspecified atom stereocenters. The lowest BCUT2D eigenvalue weighted by atomic mass is 10.0. The van der Waals surface area contributed by atoms with Crippen LogP contribution in [-0.2, 0) is 11.3 Å². The van der Waals surface area contributed by atoms with Crippen LogP contribution in [0.1, 0.15) is 18.4 Å². The second-order valence-corrected chi connectivity index (χ2v) is 5.23. The molecule has 1 aromatic carbocycles. The van der Waals surface area contributed by atoms with Crippen LogP contribution in [0.3, 0.4) is 0 Å². The second-order valence-electron chi connectivity index (χ2n) is 4.82. The summed E-state index contributed by atoms with van der Waals surface area (Å²) in [4.78, 5) is 13.9. The van der Waals surface area contributed by atoms with Gasteiger partial charge in [0.15, 0.2) is 5.84 Å². The van der Waals surface area contributed by atoms with Crippen LogP contribution in [0.25, 0.3) is 0 Å². The molecule has 0 bridgehead atoms. The van der Waals surface area contributed by atoms with E-state index in [0.29, 0.717) is 24.4 Å². The van der Waals surface area contributed by atoms with E-state index in [2.05, 4.69) is 5.16 Å². The van der Waals surface area contributed by atoms with E-state index in [1.807, 2.05) is 18.2 Å². The van der Waals surface area contributed by atoms with Crippen LogP contribution in [0.5, 0.6) is 0 Å². The zero-order valence-corrected chi connectivity index (χ0v) is 11.4. The first-order valence-corrected chi connectivity index (χ1v) is 6.36. The van der Waals surface area contributed by atoms with Crippen LogP contribution in [0.4, 0.5) is 0 Å². The number of nitrogens with two attached hydrogens (primary N) is 1. The Morgan fingerprint density at radius 3 is 2.68 bits per heavy atom. The average molecular weight is 282 g/mol. The molecule has 5 nitrogen and oxygen atoms in total. The van der Waals surface area contributed by atoms with Gasteiger partial charge >= 0.3 is 0 Å². The molecule has 0 radical (unpaired) electrons. The van der Waals surface area contributed by atoms with Gasteiger partial charge < -0.3 is 15.8 Å². The summed E-state index contributed by atoms with van der Waals surface area (Å²) < 4.78 is 0. The van der Waals surface area contributed by atoms with Gasteiger partial charge in [0.1, 0.15) is 5.41 Å². The first-order chi connectivity index (χ1) is 9.01. The van der Waals surface area contributed by atoms with Crippen molar-refractivity contribution >= 4 is 23.3 Å². The normalized spacial score (nSPS) is 17.1. The van der Waals surface area contributed by atoms with Crippen molar-refractivity contribution in [1.82, 2.24) is 4.90 Å². The molecule has 0 heterocycles. The SMILES string of the molecule is CN(Cc1ccccc1Cl)C(=O)C1(/C(N)=N/O)CC1. The largest absolute Gasteiger partial charge is 0.409 e. The second kappa shape index (κ2) is 5.09. The molecule has 1 saturated carbocycles. The molecule has 0 spiro atoms. The van der Waals surface area contributed by atoms with Crippen molar-refractivity contribution in [3.8, 4) is 0 Å². The molecule has 102 valence electrons. The van der Waals surface area contributed by atoms with Gasteiger partial charge in [-0.05, 0) is 24.5 Å². The van der Waals surface area contributed by atoms with Gasteiger partial charge in [-0.2, -0.15) is 0 Å². The highest BCUT2D eigenvalue weighted by atomic mass is 35.5. The van der Waals surface area contributed by atoms with Crippen LogP contribution in [-0.4, -0.2) is 28.9 Å². The number of amides is 1. The topological polar surface area (TPSA) is 78.9 Å². The molecule has 0 aliphatic heterocycles. The predicted octanol–water partition coefficient (Wildman–Crippen LogP) is 1.82. The Hall–Kier alpha value is -1.75. The molecule has 3 N–H and O–H groups in total. The maximum Gasteiger partial charge on any atom is 0.236 e. The molecule has 1 fully saturated rings. The van der Waals surface area contributed by atoms with Crippen molar-refractivity contribution in [2.75, 3.05) is 7.05 Å². The molecular weight excluding hydrogens is 266 g/mol. The summed E-state index contributed by atoms with van der Waals surface area (Å²) in [6.45, 7) is 0.402. The predicted molar refractivity (Wildman–Crippen MR) is 73.0 cm³/mol. The number of rotatable bonds is 4. The summed E-state index contributed by atoms with van der Waals surface area (Å²) in [7, 11) is 1.69. The standard InChI is InChI=1S/C13H16ClN3O2/c1-17(8-9-4-2-3-5-10(9)14)12(18)13(6-7-13)11(15)16-19/h2-5,19H,6-8H2,1H3,(H2,15,16). The summed E-state index contributed by atoms with van der Waals surface area (Å²) in [5, 5.41) is 12.3. The monoisotopic (exact) mass is 281 g/mol. The number of oxime groups is 1. The van der Waals surface area contributed by atoms with Gasteiger partial charge in [0.2, 0.25) is 5.91 Å². The lowest BCUT2D eigenvalue weighted by Gasteiger charge is -2.23. The van der Waals surface area contributed by atoms with E-state index < -0.39 is 5.41 Å². The average Bonchev–Trinajstić information content (AvgIpc) is 3.21. The lowest BCUT2D eigenvalue weighted by molar-refractivity contribution is -0.133. The van der Waals surface area contributed by atoms with E-state index in [1.165, 1.54) is 0 Å². The van der Waals surface area contributed by atoms with Gasteiger partial charge in [-0.25, -0.2) is 0 Å². The molecule has 1 aromatic rings. The molecule has 0 atom stereocenters. The number of nitrogens with zero attached hydrogens (tertiary/aromatic N) is 2. The summed E-state index contributed by atoms with van der Waals surface area (Å²) in [5.74, 6) is -0.147. The summed E-state index contributed by atoms with van der Waals surface area (Å²) >= 11 is 6.07. The first-order valence-electron chi connectivity index (χ1n) is 5.98. The van der Waals surface area contributed by atoms with E-state index in [4.69, 9.17) is 22.5 Å². The van der Waals surface area contributed by atoms with E-state index >= 15 is 0 Å².